The molecule has 1 saturated carbocycles. The molecule has 0 spiro atoms. The summed E-state index contributed by atoms with van der Waals surface area (Å²) in [5.41, 5.74) is 5.49. The average molecular weight is 235 g/mol. The van der Waals surface area contributed by atoms with Gasteiger partial charge in [0.2, 0.25) is 5.91 Å². The van der Waals surface area contributed by atoms with Crippen molar-refractivity contribution >= 4 is 5.91 Å². The average Bonchev–Trinajstić information content (AvgIpc) is 2.38. The molecule has 0 bridgehead atoms. The van der Waals surface area contributed by atoms with E-state index in [0.29, 0.717) is 0 Å². The van der Waals surface area contributed by atoms with E-state index in [0.717, 1.165) is 45.1 Å². The van der Waals surface area contributed by atoms with Gasteiger partial charge in [-0.15, -0.1) is 0 Å². The lowest BCUT2D eigenvalue weighted by molar-refractivity contribution is -0.126. The smallest absolute Gasteiger partial charge is 0.234 e. The standard InChI is InChI=1S/C13H21N3O/c14-9-10-5-1-2-6-11(10)16-8-4-3-7-12(16)13(15)17/h10-12H,1-8H2,(H2,15,17). The number of primary amides is 1. The van der Waals surface area contributed by atoms with E-state index in [1.54, 1.807) is 0 Å². The van der Waals surface area contributed by atoms with E-state index >= 15 is 0 Å². The topological polar surface area (TPSA) is 70.1 Å². The molecular formula is C13H21N3O. The lowest BCUT2D eigenvalue weighted by Crippen LogP contribution is -2.54. The molecule has 1 saturated heterocycles. The number of carbonyl (C=O) groups is 1. The monoisotopic (exact) mass is 235 g/mol. The first-order valence-corrected chi connectivity index (χ1v) is 6.68. The van der Waals surface area contributed by atoms with E-state index in [1.807, 2.05) is 0 Å². The highest BCUT2D eigenvalue weighted by atomic mass is 16.1. The van der Waals surface area contributed by atoms with Gasteiger partial charge in [0.15, 0.2) is 0 Å². The highest BCUT2D eigenvalue weighted by molar-refractivity contribution is 5.80. The van der Waals surface area contributed by atoms with Crippen molar-refractivity contribution in [2.45, 2.75) is 57.0 Å². The van der Waals surface area contributed by atoms with Gasteiger partial charge in [0.1, 0.15) is 0 Å². The molecule has 0 aromatic rings. The van der Waals surface area contributed by atoms with Crippen molar-refractivity contribution in [3.63, 3.8) is 0 Å². The van der Waals surface area contributed by atoms with Gasteiger partial charge in [0.05, 0.1) is 18.0 Å². The molecule has 2 aliphatic rings. The third-order valence-corrected chi connectivity index (χ3v) is 4.19. The third-order valence-electron chi connectivity index (χ3n) is 4.19. The maximum absolute atomic E-state index is 11.5. The number of nitrogens with zero attached hydrogens (tertiary/aromatic N) is 2. The van der Waals surface area contributed by atoms with Crippen LogP contribution >= 0.6 is 0 Å². The maximum Gasteiger partial charge on any atom is 0.234 e. The number of nitrogens with two attached hydrogens (primary N) is 1. The summed E-state index contributed by atoms with van der Waals surface area (Å²) in [5.74, 6) is -0.129. The Morgan fingerprint density at radius 2 is 1.88 bits per heavy atom. The summed E-state index contributed by atoms with van der Waals surface area (Å²) < 4.78 is 0. The molecule has 3 atom stereocenters. The molecule has 4 nitrogen and oxygen atoms in total. The molecule has 1 aliphatic heterocycles. The van der Waals surface area contributed by atoms with E-state index in [-0.39, 0.29) is 23.9 Å². The van der Waals surface area contributed by atoms with Crippen molar-refractivity contribution in [3.05, 3.63) is 0 Å². The van der Waals surface area contributed by atoms with Gasteiger partial charge in [-0.25, -0.2) is 0 Å². The normalized spacial score (nSPS) is 35.1. The van der Waals surface area contributed by atoms with Gasteiger partial charge in [0, 0.05) is 6.04 Å². The van der Waals surface area contributed by atoms with Crippen LogP contribution in [0.15, 0.2) is 0 Å². The Bertz CT molecular complexity index is 323. The van der Waals surface area contributed by atoms with Gasteiger partial charge in [0.25, 0.3) is 0 Å². The third kappa shape index (κ3) is 2.61. The van der Waals surface area contributed by atoms with Crippen LogP contribution in [0.3, 0.4) is 0 Å². The molecule has 2 rings (SSSR count). The second kappa shape index (κ2) is 5.50. The molecule has 0 aromatic carbocycles. The minimum Gasteiger partial charge on any atom is -0.368 e. The fraction of sp³-hybridized carbons (Fsp3) is 0.846. The highest BCUT2D eigenvalue weighted by Gasteiger charge is 2.37. The number of piperidine rings is 1. The van der Waals surface area contributed by atoms with Gasteiger partial charge in [-0.3, -0.25) is 9.69 Å². The number of nitriles is 1. The summed E-state index contributed by atoms with van der Waals surface area (Å²) in [4.78, 5) is 13.7. The number of amides is 1. The van der Waals surface area contributed by atoms with Gasteiger partial charge in [-0.05, 0) is 32.2 Å². The first-order valence-electron chi connectivity index (χ1n) is 6.68. The number of rotatable bonds is 2. The SMILES string of the molecule is N#CC1CCCCC1N1CCCCC1C(N)=O. The van der Waals surface area contributed by atoms with Crippen molar-refractivity contribution in [1.82, 2.24) is 4.90 Å². The second-order valence-electron chi connectivity index (χ2n) is 5.24. The van der Waals surface area contributed by atoms with Crippen molar-refractivity contribution in [2.75, 3.05) is 6.54 Å². The predicted octanol–water partition coefficient (Wildman–Crippen LogP) is 1.41. The van der Waals surface area contributed by atoms with E-state index in [4.69, 9.17) is 5.73 Å². The zero-order valence-corrected chi connectivity index (χ0v) is 10.3. The Kier molecular flexibility index (Phi) is 4.01. The van der Waals surface area contributed by atoms with Crippen LogP contribution in [0.2, 0.25) is 0 Å². The Balaban J connectivity index is 2.12. The van der Waals surface area contributed by atoms with Gasteiger partial charge in [-0.1, -0.05) is 19.3 Å². The minimum absolute atomic E-state index is 0.0868. The summed E-state index contributed by atoms with van der Waals surface area (Å²) >= 11 is 0. The van der Waals surface area contributed by atoms with E-state index in [9.17, 15) is 10.1 Å². The Morgan fingerprint density at radius 1 is 1.18 bits per heavy atom. The van der Waals surface area contributed by atoms with Crippen molar-refractivity contribution < 1.29 is 4.79 Å². The Hall–Kier alpha value is -1.08. The fourth-order valence-corrected chi connectivity index (χ4v) is 3.32. The van der Waals surface area contributed by atoms with Crippen molar-refractivity contribution in [1.29, 1.82) is 5.26 Å². The molecule has 0 aromatic heterocycles. The quantitative estimate of drug-likeness (QED) is 0.786. The molecule has 94 valence electrons. The summed E-state index contributed by atoms with van der Waals surface area (Å²) in [6, 6.07) is 2.54. The van der Waals surface area contributed by atoms with Crippen LogP contribution in [0.4, 0.5) is 0 Å². The Labute approximate surface area is 103 Å². The summed E-state index contributed by atoms with van der Waals surface area (Å²) in [5, 5.41) is 9.22. The van der Waals surface area contributed by atoms with Crippen molar-refractivity contribution in [2.24, 2.45) is 11.7 Å². The largest absolute Gasteiger partial charge is 0.368 e. The number of likely N-dealkylation sites (tertiary alicyclic amines) is 1. The number of carbonyl (C=O) groups excluding carboxylic acids is 1. The van der Waals surface area contributed by atoms with Gasteiger partial charge < -0.3 is 5.73 Å². The van der Waals surface area contributed by atoms with E-state index in [1.165, 1.54) is 6.42 Å². The minimum atomic E-state index is -0.216. The van der Waals surface area contributed by atoms with E-state index in [2.05, 4.69) is 11.0 Å². The molecule has 1 amide bonds. The number of hydrogen-bond acceptors (Lipinski definition) is 3. The molecule has 2 N–H and O–H groups in total. The van der Waals surface area contributed by atoms with Gasteiger partial charge >= 0.3 is 0 Å². The highest BCUT2D eigenvalue weighted by Crippen LogP contribution is 2.32. The van der Waals surface area contributed by atoms with Gasteiger partial charge in [-0.2, -0.15) is 5.26 Å². The van der Waals surface area contributed by atoms with Crippen LogP contribution in [0, 0.1) is 17.2 Å². The van der Waals surface area contributed by atoms with Crippen LogP contribution in [-0.4, -0.2) is 29.4 Å². The first-order chi connectivity index (χ1) is 8.24. The van der Waals surface area contributed by atoms with Crippen LogP contribution < -0.4 is 5.73 Å². The fourth-order valence-electron chi connectivity index (χ4n) is 3.32. The first kappa shape index (κ1) is 12.4. The molecule has 2 fully saturated rings. The lowest BCUT2D eigenvalue weighted by Gasteiger charge is -2.43. The zero-order chi connectivity index (χ0) is 12.3. The summed E-state index contributed by atoms with van der Waals surface area (Å²) in [6.45, 7) is 0.927. The van der Waals surface area contributed by atoms with Crippen LogP contribution in [0.1, 0.15) is 44.9 Å². The summed E-state index contributed by atoms with van der Waals surface area (Å²) in [6.07, 6.45) is 7.40. The zero-order valence-electron chi connectivity index (χ0n) is 10.3. The molecule has 1 aliphatic carbocycles. The molecule has 3 unspecified atom stereocenters. The second-order valence-corrected chi connectivity index (χ2v) is 5.24. The van der Waals surface area contributed by atoms with E-state index < -0.39 is 0 Å². The Morgan fingerprint density at radius 3 is 2.59 bits per heavy atom. The maximum atomic E-state index is 11.5. The summed E-state index contributed by atoms with van der Waals surface area (Å²) in [7, 11) is 0. The van der Waals surface area contributed by atoms with Crippen LogP contribution in [0.25, 0.3) is 0 Å². The van der Waals surface area contributed by atoms with Crippen LogP contribution in [-0.2, 0) is 4.79 Å². The van der Waals surface area contributed by atoms with Crippen LogP contribution in [0.5, 0.6) is 0 Å². The molecule has 17 heavy (non-hydrogen) atoms. The van der Waals surface area contributed by atoms with Crippen molar-refractivity contribution in [3.8, 4) is 6.07 Å². The number of hydrogen-bond donors (Lipinski definition) is 1. The lowest BCUT2D eigenvalue weighted by atomic mass is 9.82. The predicted molar refractivity (Wildman–Crippen MR) is 64.9 cm³/mol. The molecule has 4 heteroatoms. The molecule has 0 radical (unpaired) electrons. The molecule has 1 heterocycles. The molecular weight excluding hydrogens is 214 g/mol.